The number of rotatable bonds is 3. The largest absolute Gasteiger partial charge is 0.465 e. The number of hydrogen-bond acceptors (Lipinski definition) is 5. The first-order chi connectivity index (χ1) is 8.24. The van der Waals surface area contributed by atoms with Gasteiger partial charge in [-0.15, -0.1) is 0 Å². The van der Waals surface area contributed by atoms with E-state index in [0.717, 1.165) is 24.1 Å². The average molecular weight is 254 g/mol. The number of thiazole rings is 1. The molecule has 0 aromatic carbocycles. The number of carbonyl (C=O) groups is 1. The van der Waals surface area contributed by atoms with E-state index in [1.807, 2.05) is 0 Å². The molecule has 0 aliphatic carbocycles. The third kappa shape index (κ3) is 2.77. The summed E-state index contributed by atoms with van der Waals surface area (Å²) in [6, 6.07) is 0. The molecule has 4 nitrogen and oxygen atoms in total. The van der Waals surface area contributed by atoms with Crippen LogP contribution in [0.4, 0.5) is 5.13 Å². The standard InChI is InChI=1S/C12H18N2O2S/c1-3-9-5-4-6-14(8-9)12-13-7-10(17-12)11(15)16-2/h7,9H,3-6,8H2,1-2H3. The van der Waals surface area contributed by atoms with Crippen molar-refractivity contribution in [2.45, 2.75) is 26.2 Å². The monoisotopic (exact) mass is 254 g/mol. The molecule has 0 radical (unpaired) electrons. The summed E-state index contributed by atoms with van der Waals surface area (Å²) in [5.74, 6) is 0.465. The van der Waals surface area contributed by atoms with Crippen molar-refractivity contribution in [1.29, 1.82) is 0 Å². The molecular weight excluding hydrogens is 236 g/mol. The maximum absolute atomic E-state index is 11.4. The highest BCUT2D eigenvalue weighted by molar-refractivity contribution is 7.17. The van der Waals surface area contributed by atoms with Crippen molar-refractivity contribution in [3.05, 3.63) is 11.1 Å². The van der Waals surface area contributed by atoms with E-state index in [4.69, 9.17) is 4.74 Å². The summed E-state index contributed by atoms with van der Waals surface area (Å²) in [6.45, 7) is 4.34. The molecular formula is C12H18N2O2S. The van der Waals surface area contributed by atoms with Gasteiger partial charge < -0.3 is 9.64 Å². The summed E-state index contributed by atoms with van der Waals surface area (Å²) in [5.41, 5.74) is 0. The minimum absolute atomic E-state index is 0.294. The van der Waals surface area contributed by atoms with Crippen molar-refractivity contribution in [3.63, 3.8) is 0 Å². The summed E-state index contributed by atoms with van der Waals surface area (Å²) < 4.78 is 4.69. The van der Waals surface area contributed by atoms with E-state index in [1.54, 1.807) is 6.20 Å². The Hall–Kier alpha value is -1.10. The molecule has 0 saturated carbocycles. The lowest BCUT2D eigenvalue weighted by Crippen LogP contribution is -2.34. The van der Waals surface area contributed by atoms with Gasteiger partial charge in [-0.3, -0.25) is 0 Å². The van der Waals surface area contributed by atoms with Crippen LogP contribution in [0.15, 0.2) is 6.20 Å². The van der Waals surface area contributed by atoms with Crippen LogP contribution in [-0.2, 0) is 4.74 Å². The van der Waals surface area contributed by atoms with Crippen molar-refractivity contribution in [3.8, 4) is 0 Å². The van der Waals surface area contributed by atoms with Gasteiger partial charge in [0.15, 0.2) is 5.13 Å². The first kappa shape index (κ1) is 12.4. The van der Waals surface area contributed by atoms with Crippen molar-refractivity contribution in [2.24, 2.45) is 5.92 Å². The van der Waals surface area contributed by atoms with Crippen LogP contribution in [0.25, 0.3) is 0 Å². The highest BCUT2D eigenvalue weighted by Crippen LogP contribution is 2.28. The Balaban J connectivity index is 2.06. The maximum Gasteiger partial charge on any atom is 0.349 e. The predicted molar refractivity (Wildman–Crippen MR) is 68.7 cm³/mol. The quantitative estimate of drug-likeness (QED) is 0.777. The molecule has 94 valence electrons. The lowest BCUT2D eigenvalue weighted by molar-refractivity contribution is 0.0606. The highest BCUT2D eigenvalue weighted by Gasteiger charge is 2.22. The van der Waals surface area contributed by atoms with E-state index in [-0.39, 0.29) is 5.97 Å². The summed E-state index contributed by atoms with van der Waals surface area (Å²) in [4.78, 5) is 18.6. The van der Waals surface area contributed by atoms with E-state index >= 15 is 0 Å². The van der Waals surface area contributed by atoms with Gasteiger partial charge in [0.25, 0.3) is 0 Å². The molecule has 5 heteroatoms. The lowest BCUT2D eigenvalue weighted by atomic mass is 9.96. The second-order valence-corrected chi connectivity index (χ2v) is 5.37. The Bertz CT molecular complexity index is 392. The Morgan fingerprint density at radius 2 is 2.53 bits per heavy atom. The third-order valence-corrected chi connectivity index (χ3v) is 4.29. The summed E-state index contributed by atoms with van der Waals surface area (Å²) in [6.07, 6.45) is 5.35. The van der Waals surface area contributed by atoms with Gasteiger partial charge in [0.2, 0.25) is 0 Å². The van der Waals surface area contributed by atoms with Gasteiger partial charge in [-0.25, -0.2) is 9.78 Å². The Morgan fingerprint density at radius 3 is 3.24 bits per heavy atom. The summed E-state index contributed by atoms with van der Waals surface area (Å²) in [5, 5.41) is 0.948. The maximum atomic E-state index is 11.4. The number of nitrogens with zero attached hydrogens (tertiary/aromatic N) is 2. The minimum atomic E-state index is -0.294. The number of carbonyl (C=O) groups excluding carboxylic acids is 1. The molecule has 0 amide bonds. The molecule has 1 atom stereocenters. The topological polar surface area (TPSA) is 42.4 Å². The van der Waals surface area contributed by atoms with Crippen LogP contribution in [0.2, 0.25) is 0 Å². The van der Waals surface area contributed by atoms with Gasteiger partial charge in [-0.2, -0.15) is 0 Å². The number of hydrogen-bond donors (Lipinski definition) is 0. The molecule has 1 saturated heterocycles. The zero-order chi connectivity index (χ0) is 12.3. The molecule has 0 N–H and O–H groups in total. The molecule has 0 spiro atoms. The van der Waals surface area contributed by atoms with Crippen molar-refractivity contribution in [1.82, 2.24) is 4.98 Å². The number of aromatic nitrogens is 1. The first-order valence-corrected chi connectivity index (χ1v) is 6.85. The SMILES string of the molecule is CCC1CCCN(c2ncc(C(=O)OC)s2)C1. The second kappa shape index (κ2) is 5.49. The van der Waals surface area contributed by atoms with E-state index in [2.05, 4.69) is 16.8 Å². The predicted octanol–water partition coefficient (Wildman–Crippen LogP) is 2.56. The molecule has 1 unspecified atom stereocenters. The number of esters is 1. The van der Waals surface area contributed by atoms with Gasteiger partial charge in [0.1, 0.15) is 4.88 Å². The van der Waals surface area contributed by atoms with E-state index in [9.17, 15) is 4.79 Å². The molecule has 2 heterocycles. The Labute approximate surface area is 106 Å². The normalized spacial score (nSPS) is 20.4. The molecule has 2 rings (SSSR count). The first-order valence-electron chi connectivity index (χ1n) is 6.03. The van der Waals surface area contributed by atoms with Crippen LogP contribution in [0, 0.1) is 5.92 Å². The van der Waals surface area contributed by atoms with Gasteiger partial charge in [0.05, 0.1) is 13.3 Å². The van der Waals surface area contributed by atoms with Crippen LogP contribution >= 0.6 is 11.3 Å². The molecule has 17 heavy (non-hydrogen) atoms. The second-order valence-electron chi connectivity index (χ2n) is 4.36. The number of piperidine rings is 1. The van der Waals surface area contributed by atoms with Crippen molar-refractivity contribution >= 4 is 22.4 Å². The van der Waals surface area contributed by atoms with Gasteiger partial charge in [-0.1, -0.05) is 24.7 Å². The summed E-state index contributed by atoms with van der Waals surface area (Å²) >= 11 is 1.42. The molecule has 1 aliphatic rings. The zero-order valence-electron chi connectivity index (χ0n) is 10.3. The Morgan fingerprint density at radius 1 is 1.71 bits per heavy atom. The summed E-state index contributed by atoms with van der Waals surface area (Å²) in [7, 11) is 1.40. The number of ether oxygens (including phenoxy) is 1. The van der Waals surface area contributed by atoms with E-state index in [1.165, 1.54) is 37.7 Å². The van der Waals surface area contributed by atoms with Crippen LogP contribution in [0.3, 0.4) is 0 Å². The minimum Gasteiger partial charge on any atom is -0.465 e. The lowest BCUT2D eigenvalue weighted by Gasteiger charge is -2.31. The smallest absolute Gasteiger partial charge is 0.349 e. The number of anilines is 1. The fourth-order valence-corrected chi connectivity index (χ4v) is 3.05. The van der Waals surface area contributed by atoms with Crippen LogP contribution in [0.1, 0.15) is 35.9 Å². The van der Waals surface area contributed by atoms with Crippen LogP contribution in [0.5, 0.6) is 0 Å². The van der Waals surface area contributed by atoms with Gasteiger partial charge in [0, 0.05) is 13.1 Å². The van der Waals surface area contributed by atoms with E-state index < -0.39 is 0 Å². The molecule has 1 aliphatic heterocycles. The van der Waals surface area contributed by atoms with Crippen LogP contribution in [-0.4, -0.2) is 31.2 Å². The number of methoxy groups -OCH3 is 1. The fraction of sp³-hybridized carbons (Fsp3) is 0.667. The molecule has 1 aromatic rings. The van der Waals surface area contributed by atoms with Crippen LogP contribution < -0.4 is 4.90 Å². The molecule has 0 bridgehead atoms. The Kier molecular flexibility index (Phi) is 3.99. The van der Waals surface area contributed by atoms with Gasteiger partial charge in [-0.05, 0) is 18.8 Å². The third-order valence-electron chi connectivity index (χ3n) is 3.25. The zero-order valence-corrected chi connectivity index (χ0v) is 11.1. The average Bonchev–Trinajstić information content (AvgIpc) is 2.87. The van der Waals surface area contributed by atoms with Gasteiger partial charge >= 0.3 is 5.97 Å². The van der Waals surface area contributed by atoms with Crippen molar-refractivity contribution < 1.29 is 9.53 Å². The van der Waals surface area contributed by atoms with E-state index in [0.29, 0.717) is 4.88 Å². The highest BCUT2D eigenvalue weighted by atomic mass is 32.1. The van der Waals surface area contributed by atoms with Crippen molar-refractivity contribution in [2.75, 3.05) is 25.1 Å². The fourth-order valence-electron chi connectivity index (χ4n) is 2.18. The molecule has 1 fully saturated rings. The molecule has 1 aromatic heterocycles.